The number of thiocarbonyl (C=S) groups is 1. The number of hydrogen-bond acceptors (Lipinski definition) is 4. The van der Waals surface area contributed by atoms with E-state index in [9.17, 15) is 5.26 Å². The number of anilines is 1. The summed E-state index contributed by atoms with van der Waals surface area (Å²) in [5, 5.41) is 14.9. The third-order valence-electron chi connectivity index (χ3n) is 2.67. The van der Waals surface area contributed by atoms with E-state index in [1.54, 1.807) is 6.26 Å². The van der Waals surface area contributed by atoms with Crippen LogP contribution in [0.25, 0.3) is 0 Å². The van der Waals surface area contributed by atoms with E-state index in [2.05, 4.69) is 6.07 Å². The molecule has 2 unspecified atom stereocenters. The van der Waals surface area contributed by atoms with Gasteiger partial charge in [0.2, 0.25) is 0 Å². The number of benzene rings is 1. The van der Waals surface area contributed by atoms with Gasteiger partial charge in [-0.3, -0.25) is 4.90 Å². The van der Waals surface area contributed by atoms with Crippen LogP contribution >= 0.6 is 12.2 Å². The zero-order valence-electron chi connectivity index (χ0n) is 10.4. The Hall–Kier alpha value is -1.55. The fourth-order valence-corrected chi connectivity index (χ4v) is 3.45. The molecule has 1 saturated heterocycles. The Morgan fingerprint density at radius 1 is 1.53 bits per heavy atom. The van der Waals surface area contributed by atoms with Gasteiger partial charge in [0.1, 0.15) is 18.0 Å². The number of hydrogen-bond donors (Lipinski definition) is 1. The molecule has 0 amide bonds. The van der Waals surface area contributed by atoms with Crippen molar-refractivity contribution in [1.82, 2.24) is 0 Å². The predicted octanol–water partition coefficient (Wildman–Crippen LogP) is 2.05. The smallest absolute Gasteiger partial charge is 0.321 e. The standard InChI is InChI=1S/C13H14N3OS2/c1-2-17-9-11-12(8-14)19(15)13(18)16(11)10-6-4-3-5-7-10/h3-7,9,12H,2,15H2,1H3/q+1. The molecule has 19 heavy (non-hydrogen) atoms. The molecule has 2 N–H and O–H groups in total. The average Bonchev–Trinajstić information content (AvgIpc) is 2.69. The van der Waals surface area contributed by atoms with Crippen molar-refractivity contribution in [1.29, 1.82) is 5.26 Å². The summed E-state index contributed by atoms with van der Waals surface area (Å²) in [6, 6.07) is 11.9. The first-order valence-electron chi connectivity index (χ1n) is 5.78. The van der Waals surface area contributed by atoms with Crippen LogP contribution < -0.4 is 10.0 Å². The predicted molar refractivity (Wildman–Crippen MR) is 82.2 cm³/mol. The highest BCUT2D eigenvalue weighted by Gasteiger charge is 2.51. The zero-order valence-corrected chi connectivity index (χ0v) is 12.1. The first-order chi connectivity index (χ1) is 9.20. The van der Waals surface area contributed by atoms with Crippen molar-refractivity contribution in [2.45, 2.75) is 12.2 Å². The highest BCUT2D eigenvalue weighted by molar-refractivity contribution is 8.20. The van der Waals surface area contributed by atoms with Crippen LogP contribution in [0, 0.1) is 11.3 Å². The van der Waals surface area contributed by atoms with Crippen molar-refractivity contribution < 1.29 is 4.74 Å². The Morgan fingerprint density at radius 2 is 2.21 bits per heavy atom. The minimum atomic E-state index is -0.771. The molecular formula is C13H14N3OS2+. The molecule has 1 aliphatic heterocycles. The lowest BCUT2D eigenvalue weighted by molar-refractivity contribution is 0.265. The fourth-order valence-electron chi connectivity index (χ4n) is 1.80. The number of rotatable bonds is 3. The first-order valence-corrected chi connectivity index (χ1v) is 7.54. The molecule has 0 saturated carbocycles. The van der Waals surface area contributed by atoms with Crippen LogP contribution in [0.2, 0.25) is 0 Å². The van der Waals surface area contributed by atoms with E-state index >= 15 is 0 Å². The number of ether oxygens (including phenoxy) is 1. The third-order valence-corrected chi connectivity index (χ3v) is 4.87. The molecule has 6 heteroatoms. The highest BCUT2D eigenvalue weighted by atomic mass is 32.2. The Bertz CT molecular complexity index is 539. The summed E-state index contributed by atoms with van der Waals surface area (Å²) in [6.45, 7) is 2.43. The maximum Gasteiger partial charge on any atom is 0.321 e. The summed E-state index contributed by atoms with van der Waals surface area (Å²) in [5.41, 5.74) is 1.62. The van der Waals surface area contributed by atoms with Gasteiger partial charge >= 0.3 is 4.32 Å². The summed E-state index contributed by atoms with van der Waals surface area (Å²) >= 11 is 4.61. The monoisotopic (exact) mass is 292 g/mol. The van der Waals surface area contributed by atoms with Crippen molar-refractivity contribution in [2.75, 3.05) is 11.5 Å². The second-order valence-corrected chi connectivity index (χ2v) is 6.06. The van der Waals surface area contributed by atoms with Gasteiger partial charge in [0, 0.05) is 0 Å². The normalized spacial score (nSPS) is 24.6. The Labute approximate surface area is 120 Å². The van der Waals surface area contributed by atoms with Crippen LogP contribution in [-0.2, 0) is 15.8 Å². The summed E-state index contributed by atoms with van der Waals surface area (Å²) in [7, 11) is 0. The van der Waals surface area contributed by atoms with Gasteiger partial charge in [-0.1, -0.05) is 18.2 Å². The van der Waals surface area contributed by atoms with E-state index in [0.717, 1.165) is 5.69 Å². The molecule has 1 fully saturated rings. The molecule has 1 aromatic rings. The highest BCUT2D eigenvalue weighted by Crippen LogP contribution is 2.33. The minimum absolute atomic E-state index is 0.445. The molecule has 0 aromatic heterocycles. The van der Waals surface area contributed by atoms with Crippen molar-refractivity contribution in [3.63, 3.8) is 0 Å². The van der Waals surface area contributed by atoms with Gasteiger partial charge in [-0.05, 0) is 31.3 Å². The summed E-state index contributed by atoms with van der Waals surface area (Å²) in [6.07, 6.45) is 1.59. The zero-order chi connectivity index (χ0) is 13.8. The van der Waals surface area contributed by atoms with Crippen molar-refractivity contribution in [3.05, 3.63) is 42.3 Å². The van der Waals surface area contributed by atoms with Gasteiger partial charge in [0.15, 0.2) is 11.1 Å². The van der Waals surface area contributed by atoms with Gasteiger partial charge in [0.25, 0.3) is 5.25 Å². The summed E-state index contributed by atoms with van der Waals surface area (Å²) in [4.78, 5) is 1.84. The number of nitrogens with zero attached hydrogens (tertiary/aromatic N) is 2. The fraction of sp³-hybridized carbons (Fsp3) is 0.231. The Morgan fingerprint density at radius 3 is 2.79 bits per heavy atom. The van der Waals surface area contributed by atoms with Crippen LogP contribution in [0.15, 0.2) is 42.3 Å². The third kappa shape index (κ3) is 2.59. The SMILES string of the molecule is CCOC=C1C(C#N)[S+](N)C(=S)N1c1ccccc1. The quantitative estimate of drug-likeness (QED) is 0.525. The lowest BCUT2D eigenvalue weighted by Crippen LogP contribution is -2.29. The maximum absolute atomic E-state index is 9.28. The number of para-hydroxylation sites is 1. The van der Waals surface area contributed by atoms with Crippen LogP contribution in [0.4, 0.5) is 5.69 Å². The van der Waals surface area contributed by atoms with Gasteiger partial charge in [-0.25, -0.2) is 0 Å². The molecule has 1 aromatic carbocycles. The molecule has 0 spiro atoms. The van der Waals surface area contributed by atoms with Gasteiger partial charge < -0.3 is 4.74 Å². The lowest BCUT2D eigenvalue weighted by Gasteiger charge is -2.15. The molecule has 4 nitrogen and oxygen atoms in total. The van der Waals surface area contributed by atoms with Crippen LogP contribution in [-0.4, -0.2) is 16.2 Å². The van der Waals surface area contributed by atoms with Crippen LogP contribution in [0.5, 0.6) is 0 Å². The maximum atomic E-state index is 9.28. The second kappa shape index (κ2) is 6.06. The van der Waals surface area contributed by atoms with Gasteiger partial charge in [-0.15, -0.1) is 5.14 Å². The molecule has 1 aliphatic rings. The minimum Gasteiger partial charge on any atom is -0.499 e. The average molecular weight is 292 g/mol. The molecule has 0 bridgehead atoms. The van der Waals surface area contributed by atoms with Crippen LogP contribution in [0.1, 0.15) is 6.92 Å². The van der Waals surface area contributed by atoms with E-state index in [4.69, 9.17) is 22.1 Å². The molecule has 0 aliphatic carbocycles. The lowest BCUT2D eigenvalue weighted by atomic mass is 10.2. The van der Waals surface area contributed by atoms with Gasteiger partial charge in [-0.2, -0.15) is 5.26 Å². The van der Waals surface area contributed by atoms with E-state index in [0.29, 0.717) is 16.6 Å². The second-order valence-electron chi connectivity index (χ2n) is 3.82. The van der Waals surface area contributed by atoms with Gasteiger partial charge in [0.05, 0.1) is 12.3 Å². The van der Waals surface area contributed by atoms with E-state index in [-0.39, 0.29) is 0 Å². The van der Waals surface area contributed by atoms with E-state index in [1.807, 2.05) is 42.2 Å². The number of nitrogens with two attached hydrogens (primary N) is 1. The topological polar surface area (TPSA) is 62.3 Å². The van der Waals surface area contributed by atoms with E-state index < -0.39 is 16.3 Å². The summed E-state index contributed by atoms with van der Waals surface area (Å²) < 4.78 is 5.91. The summed E-state index contributed by atoms with van der Waals surface area (Å²) in [5.74, 6) is 0. The molecule has 0 radical (unpaired) electrons. The van der Waals surface area contributed by atoms with Crippen LogP contribution in [0.3, 0.4) is 0 Å². The largest absolute Gasteiger partial charge is 0.499 e. The molecule has 1 heterocycles. The Kier molecular flexibility index (Phi) is 4.43. The van der Waals surface area contributed by atoms with Crippen molar-refractivity contribution >= 4 is 33.3 Å². The molecule has 2 atom stereocenters. The molecular weight excluding hydrogens is 278 g/mol. The van der Waals surface area contributed by atoms with E-state index in [1.165, 1.54) is 0 Å². The molecule has 98 valence electrons. The van der Waals surface area contributed by atoms with Crippen molar-refractivity contribution in [2.24, 2.45) is 5.14 Å². The number of nitriles is 1. The first kappa shape index (κ1) is 13.9. The Balaban J connectivity index is 2.45. The van der Waals surface area contributed by atoms with Crippen molar-refractivity contribution in [3.8, 4) is 6.07 Å². The molecule has 2 rings (SSSR count).